The van der Waals surface area contributed by atoms with Crippen molar-refractivity contribution in [2.24, 2.45) is 0 Å². The van der Waals surface area contributed by atoms with Crippen LogP contribution in [0.15, 0.2) is 12.1 Å². The Kier molecular flexibility index (Phi) is 3.89. The Balaban J connectivity index is 1.94. The summed E-state index contributed by atoms with van der Waals surface area (Å²) < 4.78 is 11.7. The lowest BCUT2D eigenvalue weighted by Gasteiger charge is -2.25. The number of ether oxygens (including phenoxy) is 2. The quantitative estimate of drug-likeness (QED) is 0.921. The Bertz CT molecular complexity index is 458. The molecule has 1 N–H and O–H groups in total. The monoisotopic (exact) mass is 279 g/mol. The first-order valence-corrected chi connectivity index (χ1v) is 8.14. The number of fused-ring (bicyclic) bond motifs is 1. The lowest BCUT2D eigenvalue weighted by atomic mass is 10.1. The average Bonchev–Trinajstić information content (AvgIpc) is 2.78. The molecule has 1 aromatic rings. The third-order valence-corrected chi connectivity index (χ3v) is 4.82. The van der Waals surface area contributed by atoms with Crippen LogP contribution in [0.25, 0.3) is 0 Å². The predicted molar refractivity (Wildman–Crippen MR) is 79.2 cm³/mol. The van der Waals surface area contributed by atoms with Gasteiger partial charge in [-0.25, -0.2) is 0 Å². The molecule has 3 rings (SSSR count). The maximum absolute atomic E-state index is 5.88. The lowest BCUT2D eigenvalue weighted by molar-refractivity contribution is 0.254. The SMILES string of the molecule is CCOc1cc2c(cc1C1NCCCS1)OC(C)C2. The van der Waals surface area contributed by atoms with Crippen molar-refractivity contribution in [3.63, 3.8) is 0 Å². The molecule has 2 aliphatic rings. The topological polar surface area (TPSA) is 30.5 Å². The van der Waals surface area contributed by atoms with Crippen LogP contribution in [0.5, 0.6) is 11.5 Å². The van der Waals surface area contributed by atoms with Gasteiger partial charge < -0.3 is 14.8 Å². The summed E-state index contributed by atoms with van der Waals surface area (Å²) in [6, 6.07) is 4.36. The molecular formula is C15H21NO2S. The van der Waals surface area contributed by atoms with Crippen molar-refractivity contribution < 1.29 is 9.47 Å². The zero-order chi connectivity index (χ0) is 13.2. The Labute approximate surface area is 119 Å². The second kappa shape index (κ2) is 5.63. The van der Waals surface area contributed by atoms with Crippen molar-refractivity contribution in [3.05, 3.63) is 23.3 Å². The largest absolute Gasteiger partial charge is 0.493 e. The summed E-state index contributed by atoms with van der Waals surface area (Å²) in [7, 11) is 0. The first-order valence-electron chi connectivity index (χ1n) is 7.09. The van der Waals surface area contributed by atoms with Crippen LogP contribution in [0.4, 0.5) is 0 Å². The summed E-state index contributed by atoms with van der Waals surface area (Å²) in [6.07, 6.45) is 2.51. The highest BCUT2D eigenvalue weighted by atomic mass is 32.2. The van der Waals surface area contributed by atoms with Crippen molar-refractivity contribution in [3.8, 4) is 11.5 Å². The third-order valence-electron chi connectivity index (χ3n) is 3.55. The summed E-state index contributed by atoms with van der Waals surface area (Å²) >= 11 is 1.96. The van der Waals surface area contributed by atoms with E-state index in [1.54, 1.807) is 0 Å². The van der Waals surface area contributed by atoms with E-state index in [9.17, 15) is 0 Å². The summed E-state index contributed by atoms with van der Waals surface area (Å²) in [5.41, 5.74) is 2.51. The molecule has 2 unspecified atom stereocenters. The fourth-order valence-corrected chi connectivity index (χ4v) is 3.85. The fourth-order valence-electron chi connectivity index (χ4n) is 2.71. The third kappa shape index (κ3) is 2.70. The van der Waals surface area contributed by atoms with Gasteiger partial charge >= 0.3 is 0 Å². The van der Waals surface area contributed by atoms with Gasteiger partial charge in [-0.05, 0) is 44.7 Å². The number of hydrogen-bond donors (Lipinski definition) is 1. The summed E-state index contributed by atoms with van der Waals surface area (Å²) in [6.45, 7) is 5.95. The molecule has 1 fully saturated rings. The molecule has 104 valence electrons. The number of hydrogen-bond acceptors (Lipinski definition) is 4. The van der Waals surface area contributed by atoms with Crippen molar-refractivity contribution in [2.45, 2.75) is 38.2 Å². The van der Waals surface area contributed by atoms with Gasteiger partial charge in [0.2, 0.25) is 0 Å². The second-order valence-corrected chi connectivity index (χ2v) is 6.33. The van der Waals surface area contributed by atoms with Gasteiger partial charge in [-0.1, -0.05) is 0 Å². The number of benzene rings is 1. The van der Waals surface area contributed by atoms with Gasteiger partial charge in [0.15, 0.2) is 0 Å². The van der Waals surface area contributed by atoms with Crippen LogP contribution in [-0.2, 0) is 6.42 Å². The molecule has 1 saturated heterocycles. The standard InChI is InChI=1S/C15H21NO2S/c1-3-17-14-8-11-7-10(2)18-13(11)9-12(14)15-16-5-4-6-19-15/h8-10,15-16H,3-7H2,1-2H3. The predicted octanol–water partition coefficient (Wildman–Crippen LogP) is 3.13. The van der Waals surface area contributed by atoms with Crippen molar-refractivity contribution in [1.29, 1.82) is 0 Å². The van der Waals surface area contributed by atoms with E-state index < -0.39 is 0 Å². The molecule has 0 amide bonds. The van der Waals surface area contributed by atoms with Crippen molar-refractivity contribution >= 4 is 11.8 Å². The lowest BCUT2D eigenvalue weighted by Crippen LogP contribution is -2.25. The average molecular weight is 279 g/mol. The summed E-state index contributed by atoms with van der Waals surface area (Å²) in [5, 5.41) is 3.90. The molecule has 4 heteroatoms. The smallest absolute Gasteiger partial charge is 0.125 e. The number of thioether (sulfide) groups is 1. The van der Waals surface area contributed by atoms with E-state index in [0.717, 1.165) is 24.5 Å². The Morgan fingerprint density at radius 1 is 1.47 bits per heavy atom. The van der Waals surface area contributed by atoms with Gasteiger partial charge in [0.05, 0.1) is 12.0 Å². The molecular weight excluding hydrogens is 258 g/mol. The van der Waals surface area contributed by atoms with E-state index in [0.29, 0.717) is 12.0 Å². The van der Waals surface area contributed by atoms with Crippen LogP contribution in [0.1, 0.15) is 36.8 Å². The molecule has 0 aliphatic carbocycles. The van der Waals surface area contributed by atoms with E-state index in [4.69, 9.17) is 9.47 Å². The Morgan fingerprint density at radius 3 is 3.11 bits per heavy atom. The highest BCUT2D eigenvalue weighted by Crippen LogP contribution is 2.41. The van der Waals surface area contributed by atoms with Crippen LogP contribution in [0.3, 0.4) is 0 Å². The van der Waals surface area contributed by atoms with Gasteiger partial charge in [-0.2, -0.15) is 0 Å². The molecule has 3 nitrogen and oxygen atoms in total. The van der Waals surface area contributed by atoms with Gasteiger partial charge in [-0.15, -0.1) is 11.8 Å². The maximum Gasteiger partial charge on any atom is 0.125 e. The van der Waals surface area contributed by atoms with Gasteiger partial charge in [0.25, 0.3) is 0 Å². The van der Waals surface area contributed by atoms with Crippen LogP contribution in [0.2, 0.25) is 0 Å². The normalized spacial score (nSPS) is 25.8. The molecule has 0 spiro atoms. The zero-order valence-electron chi connectivity index (χ0n) is 11.6. The first kappa shape index (κ1) is 13.1. The molecule has 0 radical (unpaired) electrons. The minimum absolute atomic E-state index is 0.284. The molecule has 19 heavy (non-hydrogen) atoms. The summed E-state index contributed by atoms with van der Waals surface area (Å²) in [5.74, 6) is 3.27. The molecule has 2 heterocycles. The fraction of sp³-hybridized carbons (Fsp3) is 0.600. The molecule has 2 atom stereocenters. The summed E-state index contributed by atoms with van der Waals surface area (Å²) in [4.78, 5) is 0. The van der Waals surface area contributed by atoms with E-state index in [1.165, 1.54) is 23.3 Å². The van der Waals surface area contributed by atoms with E-state index in [1.807, 2.05) is 18.7 Å². The molecule has 0 bridgehead atoms. The number of nitrogens with one attached hydrogen (secondary N) is 1. The van der Waals surface area contributed by atoms with E-state index >= 15 is 0 Å². The second-order valence-electron chi connectivity index (χ2n) is 5.12. The minimum Gasteiger partial charge on any atom is -0.493 e. The number of rotatable bonds is 3. The van der Waals surface area contributed by atoms with E-state index in [2.05, 4.69) is 24.4 Å². The highest BCUT2D eigenvalue weighted by molar-refractivity contribution is 7.99. The van der Waals surface area contributed by atoms with Gasteiger partial charge in [0.1, 0.15) is 17.6 Å². The van der Waals surface area contributed by atoms with Crippen LogP contribution in [0, 0.1) is 0 Å². The van der Waals surface area contributed by atoms with E-state index in [-0.39, 0.29) is 6.10 Å². The molecule has 2 aliphatic heterocycles. The molecule has 0 saturated carbocycles. The van der Waals surface area contributed by atoms with Crippen LogP contribution in [-0.4, -0.2) is 25.0 Å². The highest BCUT2D eigenvalue weighted by Gasteiger charge is 2.26. The minimum atomic E-state index is 0.284. The van der Waals surface area contributed by atoms with Crippen molar-refractivity contribution in [1.82, 2.24) is 5.32 Å². The first-order chi connectivity index (χ1) is 9.28. The van der Waals surface area contributed by atoms with Gasteiger partial charge in [-0.3, -0.25) is 0 Å². The Morgan fingerprint density at radius 2 is 2.37 bits per heavy atom. The Hall–Kier alpha value is -0.870. The molecule has 0 aromatic heterocycles. The van der Waals surface area contributed by atoms with Gasteiger partial charge in [0, 0.05) is 17.5 Å². The maximum atomic E-state index is 5.88. The van der Waals surface area contributed by atoms with Crippen LogP contribution < -0.4 is 14.8 Å². The molecule has 1 aromatic carbocycles. The van der Waals surface area contributed by atoms with Crippen LogP contribution >= 0.6 is 11.8 Å². The van der Waals surface area contributed by atoms with Crippen molar-refractivity contribution in [2.75, 3.05) is 18.9 Å². The zero-order valence-corrected chi connectivity index (χ0v) is 12.4.